The maximum atomic E-state index is 5.74. The van der Waals surface area contributed by atoms with Crippen LogP contribution < -0.4 is 10.6 Å². The van der Waals surface area contributed by atoms with E-state index >= 15 is 0 Å². The molecule has 0 aliphatic rings. The summed E-state index contributed by atoms with van der Waals surface area (Å²) in [5, 5.41) is 1.09. The topological polar surface area (TPSA) is 42.1 Å². The molecule has 84 valence electrons. The number of hydrogen-bond donors (Lipinski definition) is 1. The number of anilines is 2. The molecule has 3 heteroatoms. The number of fused-ring (bicyclic) bond motifs is 1. The largest absolute Gasteiger partial charge is 0.399 e. The molecule has 0 spiro atoms. The van der Waals surface area contributed by atoms with Crippen molar-refractivity contribution in [1.82, 2.24) is 4.98 Å². The number of pyridine rings is 1. The van der Waals surface area contributed by atoms with Crippen molar-refractivity contribution in [3.05, 3.63) is 30.3 Å². The quantitative estimate of drug-likeness (QED) is 0.800. The van der Waals surface area contributed by atoms with E-state index in [1.807, 2.05) is 18.2 Å². The average molecular weight is 215 g/mol. The fourth-order valence-electron chi connectivity index (χ4n) is 1.86. The first kappa shape index (κ1) is 10.7. The van der Waals surface area contributed by atoms with Crippen molar-refractivity contribution >= 4 is 22.4 Å². The molecule has 0 amide bonds. The Bertz CT molecular complexity index is 490. The molecule has 1 aromatic carbocycles. The molecular formula is C13H17N3. The van der Waals surface area contributed by atoms with Crippen LogP contribution in [0.25, 0.3) is 10.9 Å². The van der Waals surface area contributed by atoms with E-state index in [2.05, 4.69) is 35.9 Å². The summed E-state index contributed by atoms with van der Waals surface area (Å²) in [6.45, 7) is 6.23. The number of nitrogens with zero attached hydrogens (tertiary/aromatic N) is 2. The first-order chi connectivity index (χ1) is 7.74. The molecule has 2 N–H and O–H groups in total. The van der Waals surface area contributed by atoms with Crippen LogP contribution in [0.1, 0.15) is 13.8 Å². The molecule has 1 heterocycles. The molecule has 0 aliphatic heterocycles. The molecule has 0 unspecified atom stereocenters. The third kappa shape index (κ3) is 1.94. The SMILES string of the molecule is CCN(CC)c1ccc2cc(N)ccc2n1. The molecule has 0 saturated carbocycles. The lowest BCUT2D eigenvalue weighted by Gasteiger charge is -2.19. The Hall–Kier alpha value is -1.77. The molecule has 0 aliphatic carbocycles. The van der Waals surface area contributed by atoms with Crippen LogP contribution in [-0.4, -0.2) is 18.1 Å². The van der Waals surface area contributed by atoms with Gasteiger partial charge in [0.1, 0.15) is 5.82 Å². The van der Waals surface area contributed by atoms with E-state index < -0.39 is 0 Å². The van der Waals surface area contributed by atoms with Crippen molar-refractivity contribution < 1.29 is 0 Å². The first-order valence-corrected chi connectivity index (χ1v) is 5.65. The van der Waals surface area contributed by atoms with Crippen LogP contribution in [0, 0.1) is 0 Å². The predicted molar refractivity (Wildman–Crippen MR) is 69.7 cm³/mol. The van der Waals surface area contributed by atoms with E-state index in [9.17, 15) is 0 Å². The lowest BCUT2D eigenvalue weighted by molar-refractivity contribution is 0.850. The van der Waals surface area contributed by atoms with E-state index in [0.717, 1.165) is 35.5 Å². The normalized spacial score (nSPS) is 10.6. The molecule has 2 aromatic rings. The van der Waals surface area contributed by atoms with Crippen LogP contribution >= 0.6 is 0 Å². The smallest absolute Gasteiger partial charge is 0.129 e. The van der Waals surface area contributed by atoms with Crippen molar-refractivity contribution in [1.29, 1.82) is 0 Å². The van der Waals surface area contributed by atoms with Gasteiger partial charge in [-0.25, -0.2) is 4.98 Å². The second-order valence-electron chi connectivity index (χ2n) is 3.79. The minimum absolute atomic E-state index is 0.782. The number of nitrogen functional groups attached to an aromatic ring is 1. The Morgan fingerprint density at radius 1 is 1.12 bits per heavy atom. The van der Waals surface area contributed by atoms with Gasteiger partial charge in [-0.15, -0.1) is 0 Å². The zero-order valence-electron chi connectivity index (χ0n) is 9.77. The molecule has 3 nitrogen and oxygen atoms in total. The van der Waals surface area contributed by atoms with E-state index in [0.29, 0.717) is 0 Å². The van der Waals surface area contributed by atoms with Gasteiger partial charge in [0.05, 0.1) is 5.52 Å². The van der Waals surface area contributed by atoms with Gasteiger partial charge in [0.15, 0.2) is 0 Å². The van der Waals surface area contributed by atoms with Crippen molar-refractivity contribution in [2.24, 2.45) is 0 Å². The number of nitrogens with two attached hydrogens (primary N) is 1. The van der Waals surface area contributed by atoms with Crippen molar-refractivity contribution in [3.63, 3.8) is 0 Å². The van der Waals surface area contributed by atoms with Crippen molar-refractivity contribution in [2.75, 3.05) is 23.7 Å². The van der Waals surface area contributed by atoms with Crippen LogP contribution in [0.3, 0.4) is 0 Å². The van der Waals surface area contributed by atoms with E-state index in [4.69, 9.17) is 5.73 Å². The number of benzene rings is 1. The minimum atomic E-state index is 0.782. The monoisotopic (exact) mass is 215 g/mol. The second-order valence-corrected chi connectivity index (χ2v) is 3.79. The second kappa shape index (κ2) is 4.39. The maximum Gasteiger partial charge on any atom is 0.129 e. The highest BCUT2D eigenvalue weighted by molar-refractivity contribution is 5.83. The number of hydrogen-bond acceptors (Lipinski definition) is 3. The zero-order chi connectivity index (χ0) is 11.5. The maximum absolute atomic E-state index is 5.74. The molecule has 1 aromatic heterocycles. The summed E-state index contributed by atoms with van der Waals surface area (Å²) in [5.41, 5.74) is 7.52. The van der Waals surface area contributed by atoms with Crippen LogP contribution in [0.2, 0.25) is 0 Å². The van der Waals surface area contributed by atoms with Crippen LogP contribution in [0.5, 0.6) is 0 Å². The molecule has 0 atom stereocenters. The van der Waals surface area contributed by atoms with Gasteiger partial charge in [-0.05, 0) is 44.2 Å². The van der Waals surface area contributed by atoms with Gasteiger partial charge in [0, 0.05) is 24.2 Å². The van der Waals surface area contributed by atoms with Gasteiger partial charge in [-0.1, -0.05) is 0 Å². The predicted octanol–water partition coefficient (Wildman–Crippen LogP) is 2.66. The Morgan fingerprint density at radius 3 is 2.56 bits per heavy atom. The molecule has 0 bridgehead atoms. The summed E-state index contributed by atoms with van der Waals surface area (Å²) < 4.78 is 0. The summed E-state index contributed by atoms with van der Waals surface area (Å²) in [5.74, 6) is 1.03. The minimum Gasteiger partial charge on any atom is -0.399 e. The average Bonchev–Trinajstić information content (AvgIpc) is 2.31. The van der Waals surface area contributed by atoms with Gasteiger partial charge in [-0.2, -0.15) is 0 Å². The Kier molecular flexibility index (Phi) is 2.95. The van der Waals surface area contributed by atoms with E-state index in [1.165, 1.54) is 0 Å². The fraction of sp³-hybridized carbons (Fsp3) is 0.308. The van der Waals surface area contributed by atoms with Gasteiger partial charge in [-0.3, -0.25) is 0 Å². The third-order valence-electron chi connectivity index (χ3n) is 2.79. The van der Waals surface area contributed by atoms with Crippen molar-refractivity contribution in [3.8, 4) is 0 Å². The van der Waals surface area contributed by atoms with Crippen LogP contribution in [-0.2, 0) is 0 Å². The Balaban J connectivity index is 2.47. The van der Waals surface area contributed by atoms with Gasteiger partial charge >= 0.3 is 0 Å². The van der Waals surface area contributed by atoms with Gasteiger partial charge in [0.25, 0.3) is 0 Å². The van der Waals surface area contributed by atoms with Crippen molar-refractivity contribution in [2.45, 2.75) is 13.8 Å². The molecule has 16 heavy (non-hydrogen) atoms. The highest BCUT2D eigenvalue weighted by Gasteiger charge is 2.04. The highest BCUT2D eigenvalue weighted by Crippen LogP contribution is 2.19. The summed E-state index contributed by atoms with van der Waals surface area (Å²) >= 11 is 0. The van der Waals surface area contributed by atoms with E-state index in [1.54, 1.807) is 0 Å². The molecule has 0 fully saturated rings. The summed E-state index contributed by atoms with van der Waals surface area (Å²) in [7, 11) is 0. The summed E-state index contributed by atoms with van der Waals surface area (Å²) in [4.78, 5) is 6.86. The molecular weight excluding hydrogens is 198 g/mol. The number of rotatable bonds is 3. The molecule has 0 saturated heterocycles. The Morgan fingerprint density at radius 2 is 1.88 bits per heavy atom. The zero-order valence-corrected chi connectivity index (χ0v) is 9.77. The van der Waals surface area contributed by atoms with Crippen LogP contribution in [0.15, 0.2) is 30.3 Å². The first-order valence-electron chi connectivity index (χ1n) is 5.65. The van der Waals surface area contributed by atoms with E-state index in [-0.39, 0.29) is 0 Å². The van der Waals surface area contributed by atoms with Gasteiger partial charge < -0.3 is 10.6 Å². The summed E-state index contributed by atoms with van der Waals surface area (Å²) in [6, 6.07) is 9.94. The molecule has 2 rings (SSSR count). The summed E-state index contributed by atoms with van der Waals surface area (Å²) in [6.07, 6.45) is 0. The van der Waals surface area contributed by atoms with Crippen LogP contribution in [0.4, 0.5) is 11.5 Å². The number of aromatic nitrogens is 1. The Labute approximate surface area is 95.9 Å². The molecule has 0 radical (unpaired) electrons. The third-order valence-corrected chi connectivity index (χ3v) is 2.79. The lowest BCUT2D eigenvalue weighted by atomic mass is 10.2. The van der Waals surface area contributed by atoms with Gasteiger partial charge in [0.2, 0.25) is 0 Å². The fourth-order valence-corrected chi connectivity index (χ4v) is 1.86. The highest BCUT2D eigenvalue weighted by atomic mass is 15.2. The standard InChI is InChI=1S/C13H17N3/c1-3-16(4-2)13-8-5-10-9-11(14)6-7-12(10)15-13/h5-9H,3-4,14H2,1-2H3. The lowest BCUT2D eigenvalue weighted by Crippen LogP contribution is -2.22.